The molecule has 4 rings (SSSR count). The first-order valence-electron chi connectivity index (χ1n) is 7.13. The van der Waals surface area contributed by atoms with Crippen molar-refractivity contribution in [3.63, 3.8) is 0 Å². The van der Waals surface area contributed by atoms with Gasteiger partial charge in [-0.3, -0.25) is 9.97 Å². The van der Waals surface area contributed by atoms with Crippen LogP contribution in [0.4, 0.5) is 0 Å². The Labute approximate surface area is 137 Å². The molecule has 8 nitrogen and oxygen atoms in total. The van der Waals surface area contributed by atoms with Gasteiger partial charge in [-0.1, -0.05) is 0 Å². The Morgan fingerprint density at radius 2 is 1.12 bits per heavy atom. The number of aryl methyl sites for hydroxylation is 2. The van der Waals surface area contributed by atoms with Gasteiger partial charge in [0.05, 0.1) is 11.1 Å². The molecule has 0 radical (unpaired) electrons. The van der Waals surface area contributed by atoms with Crippen molar-refractivity contribution >= 4 is 0 Å². The van der Waals surface area contributed by atoms with Crippen LogP contribution in [-0.2, 0) is 0 Å². The summed E-state index contributed by atoms with van der Waals surface area (Å²) in [7, 11) is 0. The number of rotatable bonds is 2. The number of aromatic nitrogens is 6. The summed E-state index contributed by atoms with van der Waals surface area (Å²) in [5, 5.41) is 15.2. The highest BCUT2D eigenvalue weighted by Gasteiger charge is 2.04. The van der Waals surface area contributed by atoms with Gasteiger partial charge in [-0.25, -0.2) is 0 Å². The molecule has 0 aliphatic heterocycles. The van der Waals surface area contributed by atoms with E-state index < -0.39 is 0 Å². The van der Waals surface area contributed by atoms with Gasteiger partial charge in [-0.15, -0.1) is 20.4 Å². The zero-order valence-corrected chi connectivity index (χ0v) is 13.1. The Morgan fingerprint density at radius 1 is 0.667 bits per heavy atom. The Hall–Kier alpha value is -3.42. The summed E-state index contributed by atoms with van der Waals surface area (Å²) in [6, 6.07) is 7.41. The van der Waals surface area contributed by atoms with Crippen LogP contribution in [0.1, 0.15) is 11.8 Å². The molecule has 120 valence electrons. The molecule has 0 bridgehead atoms. The second kappa shape index (κ2) is 7.23. The summed E-state index contributed by atoms with van der Waals surface area (Å²) in [6.07, 6.45) is 6.78. The normalized spacial score (nSPS) is 10.1. The largest absolute Gasteiger partial charge is 0.421 e. The minimum Gasteiger partial charge on any atom is -0.421 e. The van der Waals surface area contributed by atoms with Gasteiger partial charge in [0.25, 0.3) is 0 Å². The van der Waals surface area contributed by atoms with Gasteiger partial charge in [0, 0.05) is 38.6 Å². The first kappa shape index (κ1) is 15.5. The second-order valence-electron chi connectivity index (χ2n) is 4.74. The van der Waals surface area contributed by atoms with Crippen LogP contribution in [0, 0.1) is 13.8 Å². The smallest absolute Gasteiger partial charge is 0.249 e. The zero-order chi connectivity index (χ0) is 16.8. The average Bonchev–Trinajstić information content (AvgIpc) is 3.26. The molecule has 0 saturated carbocycles. The lowest BCUT2D eigenvalue weighted by molar-refractivity contribution is 0.532. The molecule has 4 heterocycles. The Balaban J connectivity index is 0.000000141. The molecule has 24 heavy (non-hydrogen) atoms. The molecular weight excluding hydrogens is 308 g/mol. The fourth-order valence-corrected chi connectivity index (χ4v) is 1.80. The van der Waals surface area contributed by atoms with Crippen molar-refractivity contribution < 1.29 is 8.83 Å². The number of nitrogens with zero attached hydrogens (tertiary/aromatic N) is 6. The van der Waals surface area contributed by atoms with Crippen LogP contribution in [0.25, 0.3) is 22.9 Å². The van der Waals surface area contributed by atoms with Crippen LogP contribution in [0.5, 0.6) is 0 Å². The lowest BCUT2D eigenvalue weighted by Crippen LogP contribution is -1.78. The average molecular weight is 322 g/mol. The van der Waals surface area contributed by atoms with Crippen LogP contribution in [0.3, 0.4) is 0 Å². The van der Waals surface area contributed by atoms with E-state index in [9.17, 15) is 0 Å². The Bertz CT molecular complexity index is 813. The molecule has 0 fully saturated rings. The van der Waals surface area contributed by atoms with Crippen molar-refractivity contribution in [1.29, 1.82) is 0 Å². The minimum atomic E-state index is 0.514. The number of hydrogen-bond acceptors (Lipinski definition) is 8. The first-order valence-corrected chi connectivity index (χ1v) is 7.13. The van der Waals surface area contributed by atoms with E-state index in [1.807, 2.05) is 24.3 Å². The van der Waals surface area contributed by atoms with E-state index in [0.717, 1.165) is 11.1 Å². The highest BCUT2D eigenvalue weighted by atomic mass is 16.4. The third-order valence-electron chi connectivity index (χ3n) is 2.87. The number of hydrogen-bond donors (Lipinski definition) is 0. The van der Waals surface area contributed by atoms with Gasteiger partial charge in [0.15, 0.2) is 0 Å². The van der Waals surface area contributed by atoms with E-state index in [1.165, 1.54) is 0 Å². The lowest BCUT2D eigenvalue weighted by atomic mass is 10.3. The zero-order valence-electron chi connectivity index (χ0n) is 13.1. The highest BCUT2D eigenvalue weighted by molar-refractivity contribution is 5.50. The van der Waals surface area contributed by atoms with E-state index >= 15 is 0 Å². The topological polar surface area (TPSA) is 104 Å². The van der Waals surface area contributed by atoms with Gasteiger partial charge in [0.1, 0.15) is 0 Å². The van der Waals surface area contributed by atoms with E-state index in [0.29, 0.717) is 23.6 Å². The third kappa shape index (κ3) is 3.86. The van der Waals surface area contributed by atoms with Crippen LogP contribution < -0.4 is 0 Å². The maximum absolute atomic E-state index is 5.21. The van der Waals surface area contributed by atoms with Crippen molar-refractivity contribution in [2.45, 2.75) is 13.8 Å². The first-order chi connectivity index (χ1) is 11.7. The van der Waals surface area contributed by atoms with E-state index in [-0.39, 0.29) is 0 Å². The van der Waals surface area contributed by atoms with Crippen LogP contribution in [-0.4, -0.2) is 30.4 Å². The van der Waals surface area contributed by atoms with Gasteiger partial charge in [0.2, 0.25) is 23.6 Å². The Kier molecular flexibility index (Phi) is 4.66. The maximum atomic E-state index is 5.21. The molecule has 0 atom stereocenters. The molecule has 0 aliphatic rings. The molecule has 0 aliphatic carbocycles. The molecule has 0 saturated heterocycles. The van der Waals surface area contributed by atoms with Crippen LogP contribution >= 0.6 is 0 Å². The van der Waals surface area contributed by atoms with Crippen molar-refractivity contribution in [3.05, 3.63) is 60.8 Å². The predicted octanol–water partition coefficient (Wildman–Crippen LogP) is 2.88. The standard InChI is InChI=1S/2C8H7N3O/c2*1-6-10-11-8(12-6)7-3-2-4-9-5-7/h2*2-5H,1H3. The van der Waals surface area contributed by atoms with E-state index in [1.54, 1.807) is 38.6 Å². The molecule has 0 aromatic carbocycles. The third-order valence-corrected chi connectivity index (χ3v) is 2.87. The predicted molar refractivity (Wildman–Crippen MR) is 84.5 cm³/mol. The molecule has 4 aromatic heterocycles. The molecule has 0 spiro atoms. The van der Waals surface area contributed by atoms with E-state index in [2.05, 4.69) is 30.4 Å². The lowest BCUT2D eigenvalue weighted by Gasteiger charge is -1.89. The molecule has 0 unspecified atom stereocenters. The second-order valence-corrected chi connectivity index (χ2v) is 4.74. The summed E-state index contributed by atoms with van der Waals surface area (Å²) in [6.45, 7) is 3.51. The van der Waals surface area contributed by atoms with Crippen molar-refractivity contribution in [3.8, 4) is 22.9 Å². The SMILES string of the molecule is Cc1nnc(-c2cccnc2)o1.Cc1nnc(-c2cccnc2)o1. The highest BCUT2D eigenvalue weighted by Crippen LogP contribution is 2.15. The van der Waals surface area contributed by atoms with Crippen molar-refractivity contribution in [1.82, 2.24) is 30.4 Å². The molecule has 0 N–H and O–H groups in total. The van der Waals surface area contributed by atoms with Crippen LogP contribution in [0.15, 0.2) is 57.9 Å². The number of pyridine rings is 2. The fraction of sp³-hybridized carbons (Fsp3) is 0.125. The van der Waals surface area contributed by atoms with Gasteiger partial charge >= 0.3 is 0 Å². The summed E-state index contributed by atoms with van der Waals surface area (Å²) < 4.78 is 10.4. The summed E-state index contributed by atoms with van der Waals surface area (Å²) in [5.74, 6) is 2.16. The van der Waals surface area contributed by atoms with Crippen molar-refractivity contribution in [2.75, 3.05) is 0 Å². The molecule has 4 aromatic rings. The van der Waals surface area contributed by atoms with Gasteiger partial charge in [-0.05, 0) is 24.3 Å². The van der Waals surface area contributed by atoms with Gasteiger partial charge in [-0.2, -0.15) is 0 Å². The van der Waals surface area contributed by atoms with Crippen LogP contribution in [0.2, 0.25) is 0 Å². The van der Waals surface area contributed by atoms with Gasteiger partial charge < -0.3 is 8.83 Å². The molecule has 8 heteroatoms. The summed E-state index contributed by atoms with van der Waals surface area (Å²) in [4.78, 5) is 7.89. The summed E-state index contributed by atoms with van der Waals surface area (Å²) >= 11 is 0. The Morgan fingerprint density at radius 3 is 1.42 bits per heavy atom. The monoisotopic (exact) mass is 322 g/mol. The fourth-order valence-electron chi connectivity index (χ4n) is 1.80. The quantitative estimate of drug-likeness (QED) is 0.555. The van der Waals surface area contributed by atoms with E-state index in [4.69, 9.17) is 8.83 Å². The molecule has 0 amide bonds. The maximum Gasteiger partial charge on any atom is 0.249 e. The molecular formula is C16H14N6O2. The van der Waals surface area contributed by atoms with Crippen molar-refractivity contribution in [2.24, 2.45) is 0 Å². The summed E-state index contributed by atoms with van der Waals surface area (Å²) in [5.41, 5.74) is 1.69. The minimum absolute atomic E-state index is 0.514.